The molecule has 42 heavy (non-hydrogen) atoms. The third-order valence-corrected chi connectivity index (χ3v) is 8.64. The van der Waals surface area contributed by atoms with Crippen molar-refractivity contribution in [2.24, 2.45) is 0 Å². The van der Waals surface area contributed by atoms with Gasteiger partial charge in [0, 0.05) is 0 Å². The van der Waals surface area contributed by atoms with Crippen LogP contribution in [0.3, 0.4) is 0 Å². The van der Waals surface area contributed by atoms with Crippen LogP contribution in [0.4, 0.5) is 0 Å². The average Bonchev–Trinajstić information content (AvgIpc) is 3.72. The Morgan fingerprint density at radius 3 is 1.36 bits per heavy atom. The Kier molecular flexibility index (Phi) is 5.88. The van der Waals surface area contributed by atoms with Crippen LogP contribution >= 0.6 is 0 Å². The third kappa shape index (κ3) is 3.86. The Labute approximate surface area is 246 Å². The van der Waals surface area contributed by atoms with Gasteiger partial charge >= 0.3 is 0 Å². The van der Waals surface area contributed by atoms with Crippen LogP contribution in [0.5, 0.6) is 23.0 Å². The van der Waals surface area contributed by atoms with E-state index in [1.54, 1.807) is 0 Å². The van der Waals surface area contributed by atoms with Crippen LogP contribution in [0, 0.1) is 0 Å². The molecular formula is C36H28B2O4. The highest BCUT2D eigenvalue weighted by molar-refractivity contribution is 6.17. The molecule has 6 aromatic rings. The van der Waals surface area contributed by atoms with Gasteiger partial charge in [0.25, 0.3) is 0 Å². The summed E-state index contributed by atoms with van der Waals surface area (Å²) < 4.78 is 22.8. The Balaban J connectivity index is 1.48. The van der Waals surface area contributed by atoms with Crippen molar-refractivity contribution in [2.75, 3.05) is 13.6 Å². The van der Waals surface area contributed by atoms with Gasteiger partial charge in [0.1, 0.15) is 15.7 Å². The molecule has 0 aliphatic carbocycles. The van der Waals surface area contributed by atoms with Crippen LogP contribution in [0.15, 0.2) is 97.1 Å². The molecule has 0 saturated heterocycles. The van der Waals surface area contributed by atoms with Gasteiger partial charge in [0.05, 0.1) is 0 Å². The lowest BCUT2D eigenvalue weighted by Crippen LogP contribution is -2.02. The highest BCUT2D eigenvalue weighted by atomic mass is 16.7. The molecule has 6 aromatic carbocycles. The van der Waals surface area contributed by atoms with E-state index >= 15 is 0 Å². The molecule has 4 nitrogen and oxygen atoms in total. The van der Waals surface area contributed by atoms with Gasteiger partial charge in [-0.3, -0.25) is 0 Å². The van der Waals surface area contributed by atoms with Gasteiger partial charge in [-0.25, -0.2) is 0 Å². The second-order valence-electron chi connectivity index (χ2n) is 10.8. The number of ether oxygens (including phenoxy) is 4. The molecule has 2 heterocycles. The first-order valence-electron chi connectivity index (χ1n) is 14.6. The lowest BCUT2D eigenvalue weighted by Gasteiger charge is -2.24. The molecule has 0 radical (unpaired) electrons. The molecule has 2 aliphatic rings. The zero-order valence-corrected chi connectivity index (χ0v) is 23.7. The van der Waals surface area contributed by atoms with Crippen molar-refractivity contribution in [3.05, 3.63) is 108 Å². The predicted octanol–water partition coefficient (Wildman–Crippen LogP) is 6.72. The van der Waals surface area contributed by atoms with Crippen LogP contribution in [0.1, 0.15) is 11.1 Å². The first-order valence-corrected chi connectivity index (χ1v) is 14.6. The van der Waals surface area contributed by atoms with Crippen molar-refractivity contribution >= 4 is 37.2 Å². The van der Waals surface area contributed by atoms with Crippen molar-refractivity contribution < 1.29 is 18.9 Å². The van der Waals surface area contributed by atoms with E-state index in [0.29, 0.717) is 0 Å². The summed E-state index contributed by atoms with van der Waals surface area (Å²) in [6.07, 6.45) is 1.77. The number of rotatable bonds is 5. The summed E-state index contributed by atoms with van der Waals surface area (Å²) in [5.74, 6) is 3.20. The average molecular weight is 546 g/mol. The second kappa shape index (κ2) is 9.92. The predicted molar refractivity (Wildman–Crippen MR) is 175 cm³/mol. The van der Waals surface area contributed by atoms with Crippen molar-refractivity contribution in [2.45, 2.75) is 12.6 Å². The van der Waals surface area contributed by atoms with E-state index in [1.165, 1.54) is 54.9 Å². The Morgan fingerprint density at radius 2 is 0.905 bits per heavy atom. The van der Waals surface area contributed by atoms with E-state index in [4.69, 9.17) is 18.9 Å². The summed E-state index contributed by atoms with van der Waals surface area (Å²) in [5, 5.41) is 4.97. The highest BCUT2D eigenvalue weighted by Gasteiger charge is 2.24. The Bertz CT molecular complexity index is 1890. The topological polar surface area (TPSA) is 36.9 Å². The van der Waals surface area contributed by atoms with Crippen LogP contribution in [-0.2, 0) is 12.6 Å². The molecule has 6 heteroatoms. The van der Waals surface area contributed by atoms with Crippen LogP contribution in [-0.4, -0.2) is 29.3 Å². The maximum absolute atomic E-state index is 5.79. The largest absolute Gasteiger partial charge is 0.454 e. The van der Waals surface area contributed by atoms with Crippen LogP contribution < -0.4 is 18.9 Å². The minimum Gasteiger partial charge on any atom is -0.454 e. The van der Waals surface area contributed by atoms with Crippen molar-refractivity contribution in [1.82, 2.24) is 0 Å². The van der Waals surface area contributed by atoms with E-state index in [-0.39, 0.29) is 13.6 Å². The number of hydrogen-bond acceptors (Lipinski definition) is 4. The van der Waals surface area contributed by atoms with Crippen molar-refractivity contribution in [3.8, 4) is 56.4 Å². The summed E-state index contributed by atoms with van der Waals surface area (Å²) in [6, 6.07) is 34.8. The maximum atomic E-state index is 5.79. The van der Waals surface area contributed by atoms with Crippen LogP contribution in [0.2, 0.25) is 0 Å². The monoisotopic (exact) mass is 546 g/mol. The van der Waals surface area contributed by atoms with Gasteiger partial charge < -0.3 is 18.9 Å². The molecule has 202 valence electrons. The lowest BCUT2D eigenvalue weighted by atomic mass is 9.76. The molecule has 0 amide bonds. The number of benzene rings is 6. The highest BCUT2D eigenvalue weighted by Crippen LogP contribution is 2.47. The molecule has 0 fully saturated rings. The molecular weight excluding hydrogens is 518 g/mol. The van der Waals surface area contributed by atoms with E-state index in [0.717, 1.165) is 46.8 Å². The molecule has 0 saturated carbocycles. The molecule has 0 aromatic heterocycles. The lowest BCUT2D eigenvalue weighted by molar-refractivity contribution is 0.173. The van der Waals surface area contributed by atoms with E-state index < -0.39 is 0 Å². The van der Waals surface area contributed by atoms with Crippen molar-refractivity contribution in [1.29, 1.82) is 0 Å². The minimum absolute atomic E-state index is 0.265. The molecule has 0 atom stereocenters. The second-order valence-corrected chi connectivity index (χ2v) is 10.8. The van der Waals surface area contributed by atoms with Crippen LogP contribution in [0.25, 0.3) is 54.9 Å². The zero-order valence-electron chi connectivity index (χ0n) is 23.7. The molecule has 2 aliphatic heterocycles. The maximum Gasteiger partial charge on any atom is 0.231 e. The summed E-state index contributed by atoms with van der Waals surface area (Å²) >= 11 is 0. The summed E-state index contributed by atoms with van der Waals surface area (Å²) in [5.41, 5.74) is 9.99. The third-order valence-electron chi connectivity index (χ3n) is 8.64. The first kappa shape index (κ1) is 24.9. The molecule has 0 N–H and O–H groups in total. The van der Waals surface area contributed by atoms with E-state index in [9.17, 15) is 0 Å². The standard InChI is InChI=1S/C36H28B2O4/c37-17-29-27(23-9-11-31-33(15-23)41-19-39-31)13-21-5-1-3-7-25(21)35(29)36-26-8-4-2-6-22(26)14-28(30(36)18-38)24-10-12-32-34(16-24)42-20-40-32/h1-16H,17-20,37-38H2. The van der Waals surface area contributed by atoms with Gasteiger partial charge in [0.15, 0.2) is 23.0 Å². The van der Waals surface area contributed by atoms with Crippen molar-refractivity contribution in [3.63, 3.8) is 0 Å². The summed E-state index contributed by atoms with van der Waals surface area (Å²) in [7, 11) is 4.53. The fourth-order valence-electron chi connectivity index (χ4n) is 6.73. The minimum atomic E-state index is 0.265. The fourth-order valence-corrected chi connectivity index (χ4v) is 6.73. The fraction of sp³-hybridized carbons (Fsp3) is 0.111. The van der Waals surface area contributed by atoms with E-state index in [1.807, 2.05) is 12.1 Å². The van der Waals surface area contributed by atoms with Gasteiger partial charge in [0.2, 0.25) is 13.6 Å². The summed E-state index contributed by atoms with van der Waals surface area (Å²) in [6.45, 7) is 0.530. The number of fused-ring (bicyclic) bond motifs is 4. The van der Waals surface area contributed by atoms with Gasteiger partial charge in [-0.15, -0.1) is 0 Å². The van der Waals surface area contributed by atoms with E-state index in [2.05, 4.69) is 101 Å². The molecule has 0 spiro atoms. The van der Waals surface area contributed by atoms with Gasteiger partial charge in [-0.05, 0) is 102 Å². The Morgan fingerprint density at radius 1 is 0.476 bits per heavy atom. The quantitative estimate of drug-likeness (QED) is 0.225. The Hall–Kier alpha value is -4.83. The summed E-state index contributed by atoms with van der Waals surface area (Å²) in [4.78, 5) is 0. The molecule has 0 unspecified atom stereocenters. The zero-order chi connectivity index (χ0) is 28.2. The molecule has 8 rings (SSSR count). The van der Waals surface area contributed by atoms with Gasteiger partial charge in [-0.1, -0.05) is 73.3 Å². The molecule has 0 bridgehead atoms. The SMILES string of the molecule is BCc1c(-c2ccc3c(c2)OCO3)cc2ccccc2c1-c1c(CB)c(-c2ccc3c(c2)OCO3)cc2ccccc12. The first-order chi connectivity index (χ1) is 20.7. The smallest absolute Gasteiger partial charge is 0.231 e. The number of hydrogen-bond donors (Lipinski definition) is 0. The normalized spacial score (nSPS) is 13.2. The van der Waals surface area contributed by atoms with Gasteiger partial charge in [-0.2, -0.15) is 0 Å².